The predicted molar refractivity (Wildman–Crippen MR) is 45.2 cm³/mol. The van der Waals surface area contributed by atoms with Crippen LogP contribution in [0.2, 0.25) is 0 Å². The molecule has 0 radical (unpaired) electrons. The summed E-state index contributed by atoms with van der Waals surface area (Å²) >= 11 is 0. The fraction of sp³-hybridized carbons (Fsp3) is 0.833. The molecule has 0 aliphatic rings. The molecule has 0 bridgehead atoms. The Morgan fingerprint density at radius 2 is 1.62 bits per heavy atom. The molecule has 0 aliphatic heterocycles. The molecule has 0 saturated carbocycles. The van der Waals surface area contributed by atoms with Gasteiger partial charge in [-0.3, -0.25) is 0 Å². The van der Waals surface area contributed by atoms with Gasteiger partial charge >= 0.3 is 23.1 Å². The van der Waals surface area contributed by atoms with E-state index in [0.29, 0.717) is 0 Å². The molecule has 0 heterocycles. The van der Waals surface area contributed by atoms with Crippen LogP contribution in [0.5, 0.6) is 0 Å². The summed E-state index contributed by atoms with van der Waals surface area (Å²) in [6.45, 7) is -0.760. The summed E-state index contributed by atoms with van der Waals surface area (Å²) < 4.78 is 0. The second-order valence-corrected chi connectivity index (χ2v) is 2.36. The van der Waals surface area contributed by atoms with E-state index in [-0.39, 0.29) is 32.2 Å². The molecule has 0 unspecified atom stereocenters. The molecule has 76 valence electrons. The molecular formula is C6H14MgO6. The number of carbonyl (C=O) groups excluding carboxylic acids is 1. The van der Waals surface area contributed by atoms with E-state index >= 15 is 0 Å². The minimum Gasteiger partial charge on any atom is -1.00 e. The van der Waals surface area contributed by atoms with Gasteiger partial charge in [-0.05, 0) is 0 Å². The summed E-state index contributed by atoms with van der Waals surface area (Å²) in [4.78, 5) is 9.90. The number of hydrogen-bond donors (Lipinski definition) is 5. The van der Waals surface area contributed by atoms with Gasteiger partial charge in [0.15, 0.2) is 6.29 Å². The summed E-state index contributed by atoms with van der Waals surface area (Å²) in [7, 11) is 0. The molecule has 0 rings (SSSR count). The number of aliphatic hydroxyl groups is 5. The average molecular weight is 206 g/mol. The van der Waals surface area contributed by atoms with Gasteiger partial charge in [0.05, 0.1) is 6.61 Å². The number of aldehydes is 1. The first kappa shape index (κ1) is 15.7. The third kappa shape index (κ3) is 4.86. The molecule has 0 aromatic rings. The fourth-order valence-electron chi connectivity index (χ4n) is 0.618. The van der Waals surface area contributed by atoms with E-state index in [1.807, 2.05) is 0 Å². The van der Waals surface area contributed by atoms with Gasteiger partial charge in [0.25, 0.3) is 0 Å². The molecule has 7 heteroatoms. The van der Waals surface area contributed by atoms with Crippen molar-refractivity contribution < 1.29 is 33.2 Å². The summed E-state index contributed by atoms with van der Waals surface area (Å²) in [5.74, 6) is 0. The minimum atomic E-state index is -1.79. The zero-order valence-corrected chi connectivity index (χ0v) is 8.36. The topological polar surface area (TPSA) is 118 Å². The smallest absolute Gasteiger partial charge is 1.00 e. The molecule has 0 amide bonds. The standard InChI is InChI=1S/C6H12O6.Mg.2H/c7-1-3(9)5(11)6(12)4(10)2-8;;;/h1,3-6,8-12H,2H2;;;/q;+2;2*-1/t3-,4+,5+,6+;;;/m0.../s1. The molecular weight excluding hydrogens is 192 g/mol. The van der Waals surface area contributed by atoms with Crippen molar-refractivity contribution in [1.82, 2.24) is 0 Å². The molecule has 5 N–H and O–H groups in total. The third-order valence-corrected chi connectivity index (χ3v) is 1.42. The zero-order valence-electron chi connectivity index (χ0n) is 8.95. The van der Waals surface area contributed by atoms with E-state index < -0.39 is 31.0 Å². The van der Waals surface area contributed by atoms with Gasteiger partial charge in [0.2, 0.25) is 0 Å². The van der Waals surface area contributed by atoms with Crippen molar-refractivity contribution >= 4 is 29.3 Å². The van der Waals surface area contributed by atoms with Crippen molar-refractivity contribution in [3.05, 3.63) is 0 Å². The van der Waals surface area contributed by atoms with Crippen molar-refractivity contribution in [3.8, 4) is 0 Å². The number of rotatable bonds is 5. The summed E-state index contributed by atoms with van der Waals surface area (Å²) in [5, 5.41) is 43.5. The first-order chi connectivity index (χ1) is 5.54. The van der Waals surface area contributed by atoms with E-state index in [1.165, 1.54) is 0 Å². The van der Waals surface area contributed by atoms with Crippen LogP contribution in [0.3, 0.4) is 0 Å². The van der Waals surface area contributed by atoms with Crippen molar-refractivity contribution in [2.75, 3.05) is 6.61 Å². The molecule has 0 fully saturated rings. The Bertz CT molecular complexity index is 152. The van der Waals surface area contributed by atoms with Crippen molar-refractivity contribution in [2.24, 2.45) is 0 Å². The third-order valence-electron chi connectivity index (χ3n) is 1.42. The van der Waals surface area contributed by atoms with E-state index in [9.17, 15) is 4.79 Å². The van der Waals surface area contributed by atoms with Gasteiger partial charge in [0.1, 0.15) is 24.4 Å². The SMILES string of the molecule is O=C[C@H](O)[C@@H](O)[C@H](O)[C@H](O)CO.[H-].[H-].[Mg+2]. The maximum Gasteiger partial charge on any atom is 2.00 e. The minimum absolute atomic E-state index is 0. The predicted octanol–water partition coefficient (Wildman–Crippen LogP) is -3.53. The Morgan fingerprint density at radius 1 is 1.15 bits per heavy atom. The molecule has 0 aromatic heterocycles. The van der Waals surface area contributed by atoms with Crippen molar-refractivity contribution in [3.63, 3.8) is 0 Å². The summed E-state index contributed by atoms with van der Waals surface area (Å²) in [6.07, 6.45) is -6.84. The van der Waals surface area contributed by atoms with E-state index in [0.717, 1.165) is 0 Å². The average Bonchev–Trinajstić information content (AvgIpc) is 2.12. The van der Waals surface area contributed by atoms with Crippen LogP contribution >= 0.6 is 0 Å². The summed E-state index contributed by atoms with van der Waals surface area (Å²) in [5.41, 5.74) is 0. The van der Waals surface area contributed by atoms with Crippen molar-refractivity contribution in [2.45, 2.75) is 24.4 Å². The molecule has 0 spiro atoms. The van der Waals surface area contributed by atoms with Gasteiger partial charge in [-0.25, -0.2) is 0 Å². The molecule has 0 aromatic carbocycles. The largest absolute Gasteiger partial charge is 2.00 e. The Hall–Kier alpha value is 0.236. The normalized spacial score (nSPS) is 19.5. The Balaban J connectivity index is -0.000000202. The maximum absolute atomic E-state index is 9.90. The molecule has 6 nitrogen and oxygen atoms in total. The first-order valence-corrected chi connectivity index (χ1v) is 3.33. The van der Waals surface area contributed by atoms with Crippen LogP contribution in [0.4, 0.5) is 0 Å². The van der Waals surface area contributed by atoms with Gasteiger partial charge in [-0.15, -0.1) is 0 Å². The van der Waals surface area contributed by atoms with Crippen molar-refractivity contribution in [1.29, 1.82) is 0 Å². The van der Waals surface area contributed by atoms with Crippen LogP contribution in [0.1, 0.15) is 2.85 Å². The van der Waals surface area contributed by atoms with Crippen LogP contribution in [0.15, 0.2) is 0 Å². The number of carbonyl (C=O) groups is 1. The van der Waals surface area contributed by atoms with Gasteiger partial charge in [-0.1, -0.05) is 0 Å². The van der Waals surface area contributed by atoms with E-state index in [4.69, 9.17) is 25.5 Å². The molecule has 13 heavy (non-hydrogen) atoms. The monoisotopic (exact) mass is 206 g/mol. The second kappa shape index (κ2) is 7.62. The van der Waals surface area contributed by atoms with Crippen LogP contribution < -0.4 is 0 Å². The van der Waals surface area contributed by atoms with Crippen LogP contribution in [0.25, 0.3) is 0 Å². The molecule has 0 aliphatic carbocycles. The van der Waals surface area contributed by atoms with Gasteiger partial charge < -0.3 is 33.2 Å². The molecule has 0 saturated heterocycles. The second-order valence-electron chi connectivity index (χ2n) is 2.36. The van der Waals surface area contributed by atoms with Crippen LogP contribution in [0, 0.1) is 0 Å². The molecule has 4 atom stereocenters. The van der Waals surface area contributed by atoms with Crippen LogP contribution in [-0.4, -0.2) is 85.9 Å². The Labute approximate surface area is 93.9 Å². The van der Waals surface area contributed by atoms with Crippen LogP contribution in [-0.2, 0) is 4.79 Å². The Morgan fingerprint density at radius 3 is 1.92 bits per heavy atom. The Kier molecular flexibility index (Phi) is 9.20. The van der Waals surface area contributed by atoms with Gasteiger partial charge in [0, 0.05) is 0 Å². The fourth-order valence-corrected chi connectivity index (χ4v) is 0.618. The first-order valence-electron chi connectivity index (χ1n) is 3.33. The van der Waals surface area contributed by atoms with Gasteiger partial charge in [-0.2, -0.15) is 0 Å². The summed E-state index contributed by atoms with van der Waals surface area (Å²) in [6, 6.07) is 0. The maximum atomic E-state index is 9.90. The number of hydrogen-bond acceptors (Lipinski definition) is 6. The number of aliphatic hydroxyl groups excluding tert-OH is 5. The quantitative estimate of drug-likeness (QED) is 0.235. The van der Waals surface area contributed by atoms with E-state index in [1.54, 1.807) is 0 Å². The van der Waals surface area contributed by atoms with E-state index in [2.05, 4.69) is 0 Å². The zero-order chi connectivity index (χ0) is 9.72.